The number of benzene rings is 1. The number of nitrogens with one attached hydrogen (secondary N) is 1. The Bertz CT molecular complexity index is 590. The van der Waals surface area contributed by atoms with Crippen LogP contribution in [0.2, 0.25) is 0 Å². The van der Waals surface area contributed by atoms with E-state index in [1.807, 2.05) is 25.1 Å². The minimum absolute atomic E-state index is 0.173. The summed E-state index contributed by atoms with van der Waals surface area (Å²) in [5, 5.41) is 3.16. The molecule has 0 saturated heterocycles. The molecule has 0 saturated carbocycles. The maximum absolute atomic E-state index is 5.72. The minimum atomic E-state index is 0.173. The molecule has 0 spiro atoms. The molecule has 6 heteroatoms. The first-order chi connectivity index (χ1) is 10.2. The van der Waals surface area contributed by atoms with Crippen LogP contribution in [0.3, 0.4) is 0 Å². The van der Waals surface area contributed by atoms with Gasteiger partial charge < -0.3 is 20.5 Å². The highest BCUT2D eigenvalue weighted by Gasteiger charge is 2.05. The standard InChI is InChI=1S/C15H20N4O2/c1-3-8-17-13-10-14(19-15(16)18-13)21-12-7-5-6-11(9-12)20-4-2/h5-7,9-10H,3-4,8H2,1-2H3,(H3,16,17,18,19). The zero-order chi connectivity index (χ0) is 15.1. The fourth-order valence-corrected chi connectivity index (χ4v) is 1.75. The maximum Gasteiger partial charge on any atom is 0.226 e. The van der Waals surface area contributed by atoms with Crippen LogP contribution in [0.15, 0.2) is 30.3 Å². The van der Waals surface area contributed by atoms with E-state index in [4.69, 9.17) is 15.2 Å². The third kappa shape index (κ3) is 4.52. The van der Waals surface area contributed by atoms with Gasteiger partial charge in [0.1, 0.15) is 17.3 Å². The zero-order valence-electron chi connectivity index (χ0n) is 12.3. The monoisotopic (exact) mass is 288 g/mol. The SMILES string of the molecule is CCCNc1cc(Oc2cccc(OCC)c2)nc(N)n1. The van der Waals surface area contributed by atoms with Crippen molar-refractivity contribution in [3.8, 4) is 17.4 Å². The maximum atomic E-state index is 5.72. The number of ether oxygens (including phenoxy) is 2. The van der Waals surface area contributed by atoms with Gasteiger partial charge in [0.05, 0.1) is 6.61 Å². The van der Waals surface area contributed by atoms with E-state index in [9.17, 15) is 0 Å². The van der Waals surface area contributed by atoms with Gasteiger partial charge in [-0.2, -0.15) is 9.97 Å². The summed E-state index contributed by atoms with van der Waals surface area (Å²) in [4.78, 5) is 8.19. The molecule has 0 radical (unpaired) electrons. The van der Waals surface area contributed by atoms with Gasteiger partial charge in [-0.15, -0.1) is 0 Å². The summed E-state index contributed by atoms with van der Waals surface area (Å²) in [5.74, 6) is 2.61. The molecule has 2 aromatic rings. The van der Waals surface area contributed by atoms with Crippen molar-refractivity contribution in [2.75, 3.05) is 24.2 Å². The Kier molecular flexibility index (Phi) is 5.20. The van der Waals surface area contributed by atoms with Crippen LogP contribution < -0.4 is 20.5 Å². The van der Waals surface area contributed by atoms with Crippen LogP contribution in [-0.2, 0) is 0 Å². The second kappa shape index (κ2) is 7.33. The molecule has 2 rings (SSSR count). The lowest BCUT2D eigenvalue weighted by Crippen LogP contribution is -2.05. The van der Waals surface area contributed by atoms with Gasteiger partial charge in [0.25, 0.3) is 0 Å². The third-order valence-corrected chi connectivity index (χ3v) is 2.61. The lowest BCUT2D eigenvalue weighted by atomic mass is 10.3. The summed E-state index contributed by atoms with van der Waals surface area (Å²) in [5.41, 5.74) is 5.70. The summed E-state index contributed by atoms with van der Waals surface area (Å²) in [6.45, 7) is 5.43. The van der Waals surface area contributed by atoms with E-state index in [1.165, 1.54) is 0 Å². The molecule has 112 valence electrons. The molecule has 21 heavy (non-hydrogen) atoms. The van der Waals surface area contributed by atoms with Crippen molar-refractivity contribution in [3.63, 3.8) is 0 Å². The number of nitrogen functional groups attached to an aromatic ring is 1. The Morgan fingerprint density at radius 3 is 2.71 bits per heavy atom. The van der Waals surface area contributed by atoms with Gasteiger partial charge in [0.15, 0.2) is 0 Å². The van der Waals surface area contributed by atoms with Gasteiger partial charge in [0, 0.05) is 18.7 Å². The average molecular weight is 288 g/mol. The van der Waals surface area contributed by atoms with E-state index >= 15 is 0 Å². The molecule has 0 aliphatic rings. The van der Waals surface area contributed by atoms with Gasteiger partial charge in [-0.3, -0.25) is 0 Å². The van der Waals surface area contributed by atoms with E-state index in [-0.39, 0.29) is 5.95 Å². The molecule has 0 amide bonds. The second-order valence-corrected chi connectivity index (χ2v) is 4.39. The average Bonchev–Trinajstić information content (AvgIpc) is 2.45. The predicted molar refractivity (Wildman–Crippen MR) is 82.9 cm³/mol. The Morgan fingerprint density at radius 2 is 1.95 bits per heavy atom. The Labute approximate surface area is 124 Å². The van der Waals surface area contributed by atoms with E-state index in [0.29, 0.717) is 24.1 Å². The van der Waals surface area contributed by atoms with Crippen molar-refractivity contribution in [2.45, 2.75) is 20.3 Å². The van der Waals surface area contributed by atoms with Crippen LogP contribution >= 0.6 is 0 Å². The van der Waals surface area contributed by atoms with Gasteiger partial charge in [0.2, 0.25) is 11.8 Å². The van der Waals surface area contributed by atoms with Crippen LogP contribution in [0.1, 0.15) is 20.3 Å². The summed E-state index contributed by atoms with van der Waals surface area (Å²) in [6.07, 6.45) is 0.997. The number of nitrogens with zero attached hydrogens (tertiary/aromatic N) is 2. The topological polar surface area (TPSA) is 82.3 Å². The van der Waals surface area contributed by atoms with Crippen molar-refractivity contribution < 1.29 is 9.47 Å². The molecule has 0 aliphatic carbocycles. The molecule has 0 unspecified atom stereocenters. The van der Waals surface area contributed by atoms with E-state index in [1.54, 1.807) is 12.1 Å². The first-order valence-corrected chi connectivity index (χ1v) is 7.00. The summed E-state index contributed by atoms with van der Waals surface area (Å²) >= 11 is 0. The number of hydrogen-bond acceptors (Lipinski definition) is 6. The van der Waals surface area contributed by atoms with Crippen molar-refractivity contribution in [1.29, 1.82) is 0 Å². The number of nitrogens with two attached hydrogens (primary N) is 1. The molecule has 1 heterocycles. The van der Waals surface area contributed by atoms with E-state index < -0.39 is 0 Å². The zero-order valence-corrected chi connectivity index (χ0v) is 12.3. The van der Waals surface area contributed by atoms with Crippen molar-refractivity contribution >= 4 is 11.8 Å². The number of hydrogen-bond donors (Lipinski definition) is 2. The van der Waals surface area contributed by atoms with Crippen molar-refractivity contribution in [2.24, 2.45) is 0 Å². The lowest BCUT2D eigenvalue weighted by Gasteiger charge is -2.10. The molecule has 1 aromatic carbocycles. The van der Waals surface area contributed by atoms with Crippen LogP contribution in [0.4, 0.5) is 11.8 Å². The Hall–Kier alpha value is -2.50. The van der Waals surface area contributed by atoms with Gasteiger partial charge >= 0.3 is 0 Å². The van der Waals surface area contributed by atoms with Crippen LogP contribution in [-0.4, -0.2) is 23.1 Å². The number of anilines is 2. The molecule has 0 atom stereocenters. The highest BCUT2D eigenvalue weighted by Crippen LogP contribution is 2.25. The van der Waals surface area contributed by atoms with Crippen LogP contribution in [0.5, 0.6) is 17.4 Å². The summed E-state index contributed by atoms with van der Waals surface area (Å²) in [7, 11) is 0. The number of rotatable bonds is 7. The fraction of sp³-hybridized carbons (Fsp3) is 0.333. The van der Waals surface area contributed by atoms with Crippen LogP contribution in [0.25, 0.3) is 0 Å². The molecule has 6 nitrogen and oxygen atoms in total. The van der Waals surface area contributed by atoms with Crippen molar-refractivity contribution in [1.82, 2.24) is 9.97 Å². The number of aromatic nitrogens is 2. The van der Waals surface area contributed by atoms with Gasteiger partial charge in [-0.05, 0) is 25.5 Å². The van der Waals surface area contributed by atoms with E-state index in [2.05, 4.69) is 22.2 Å². The van der Waals surface area contributed by atoms with Gasteiger partial charge in [-0.1, -0.05) is 13.0 Å². The third-order valence-electron chi connectivity index (χ3n) is 2.61. The molecule has 0 fully saturated rings. The second-order valence-electron chi connectivity index (χ2n) is 4.39. The normalized spacial score (nSPS) is 10.2. The largest absolute Gasteiger partial charge is 0.494 e. The highest BCUT2D eigenvalue weighted by atomic mass is 16.5. The fourth-order valence-electron chi connectivity index (χ4n) is 1.75. The Morgan fingerprint density at radius 1 is 1.14 bits per heavy atom. The van der Waals surface area contributed by atoms with E-state index in [0.717, 1.165) is 18.7 Å². The quantitative estimate of drug-likeness (QED) is 0.814. The summed E-state index contributed by atoms with van der Waals surface area (Å²) < 4.78 is 11.2. The molecular weight excluding hydrogens is 268 g/mol. The molecule has 1 aromatic heterocycles. The summed E-state index contributed by atoms with van der Waals surface area (Å²) in [6, 6.07) is 9.10. The minimum Gasteiger partial charge on any atom is -0.494 e. The van der Waals surface area contributed by atoms with Crippen molar-refractivity contribution in [3.05, 3.63) is 30.3 Å². The van der Waals surface area contributed by atoms with Gasteiger partial charge in [-0.25, -0.2) is 0 Å². The van der Waals surface area contributed by atoms with Crippen LogP contribution in [0, 0.1) is 0 Å². The molecule has 0 bridgehead atoms. The Balaban J connectivity index is 2.14. The lowest BCUT2D eigenvalue weighted by molar-refractivity contribution is 0.338. The first kappa shape index (κ1) is 14.9. The smallest absolute Gasteiger partial charge is 0.226 e. The predicted octanol–water partition coefficient (Wildman–Crippen LogP) is 3.07. The molecule has 3 N–H and O–H groups in total. The molecular formula is C15H20N4O2. The first-order valence-electron chi connectivity index (χ1n) is 7.00. The highest BCUT2D eigenvalue weighted by molar-refractivity contribution is 5.44. The molecule has 0 aliphatic heterocycles.